The summed E-state index contributed by atoms with van der Waals surface area (Å²) >= 11 is 0. The summed E-state index contributed by atoms with van der Waals surface area (Å²) in [7, 11) is 0. The van der Waals surface area contributed by atoms with Crippen molar-refractivity contribution >= 4 is 49.9 Å². The zero-order valence-electron chi connectivity index (χ0n) is 29.4. The van der Waals surface area contributed by atoms with Crippen LogP contribution in [-0.2, 0) is 0 Å². The molecule has 2 heterocycles. The lowest BCUT2D eigenvalue weighted by atomic mass is 10.0. The quantitative estimate of drug-likeness (QED) is 0.167. The van der Waals surface area contributed by atoms with Gasteiger partial charge in [-0.05, 0) is 72.3 Å². The molecule has 0 atom stereocenters. The van der Waals surface area contributed by atoms with E-state index in [2.05, 4.69) is 204 Å². The molecule has 0 aliphatic heterocycles. The summed E-state index contributed by atoms with van der Waals surface area (Å²) in [6.45, 7) is 0. The van der Waals surface area contributed by atoms with Crippen LogP contribution in [0.5, 0.6) is 0 Å². The molecule has 0 saturated heterocycles. The molecular weight excluding hydrogens is 657 g/mol. The van der Waals surface area contributed by atoms with E-state index in [-0.39, 0.29) is 0 Å². The highest BCUT2D eigenvalue weighted by Crippen LogP contribution is 2.39. The molecule has 0 N–H and O–H groups in total. The highest BCUT2D eigenvalue weighted by Gasteiger charge is 2.18. The monoisotopic (exact) mass is 690 g/mol. The van der Waals surface area contributed by atoms with Crippen molar-refractivity contribution in [1.82, 2.24) is 14.5 Å². The van der Waals surface area contributed by atoms with Crippen LogP contribution in [0.3, 0.4) is 0 Å². The molecule has 0 spiro atoms. The Bertz CT molecular complexity index is 2850. The normalized spacial score (nSPS) is 11.3. The molecule has 4 nitrogen and oxygen atoms in total. The Morgan fingerprint density at radius 1 is 0.352 bits per heavy atom. The maximum absolute atomic E-state index is 5.39. The van der Waals surface area contributed by atoms with E-state index in [1.807, 2.05) is 12.1 Å². The first-order valence-corrected chi connectivity index (χ1v) is 18.3. The van der Waals surface area contributed by atoms with Crippen LogP contribution in [-0.4, -0.2) is 14.5 Å². The van der Waals surface area contributed by atoms with Crippen molar-refractivity contribution < 1.29 is 0 Å². The second-order valence-electron chi connectivity index (χ2n) is 13.4. The van der Waals surface area contributed by atoms with Crippen LogP contribution in [0, 0.1) is 0 Å². The summed E-state index contributed by atoms with van der Waals surface area (Å²) in [5, 5.41) is 2.51. The van der Waals surface area contributed by atoms with Gasteiger partial charge in [-0.25, -0.2) is 9.97 Å². The molecule has 0 saturated carbocycles. The third kappa shape index (κ3) is 5.49. The summed E-state index contributed by atoms with van der Waals surface area (Å²) < 4.78 is 2.36. The Kier molecular flexibility index (Phi) is 7.77. The number of fused-ring (bicyclic) bond motifs is 4. The molecule has 54 heavy (non-hydrogen) atoms. The Morgan fingerprint density at radius 3 is 1.46 bits per heavy atom. The highest BCUT2D eigenvalue weighted by molar-refractivity contribution is 6.09. The number of rotatable bonds is 7. The molecule has 0 fully saturated rings. The van der Waals surface area contributed by atoms with Crippen LogP contribution in [0.1, 0.15) is 0 Å². The van der Waals surface area contributed by atoms with E-state index in [1.54, 1.807) is 0 Å². The standard InChI is InChI=1S/C50H34N4/c1-4-15-35(16-5-1)42-23-14-24-45-50(42)52-49(48(51-45)36-17-6-2-7-18-36)37-27-29-39(30-28-37)53(38-19-8-3-9-20-38)40-31-33-41(34-32-40)54-46-25-12-10-21-43(46)44-22-11-13-26-47(44)54/h1-34H. The maximum atomic E-state index is 5.39. The first-order valence-electron chi connectivity index (χ1n) is 18.3. The van der Waals surface area contributed by atoms with E-state index in [4.69, 9.17) is 9.97 Å². The number of benzene rings is 8. The van der Waals surface area contributed by atoms with Gasteiger partial charge in [0.25, 0.3) is 0 Å². The number of hydrogen-bond acceptors (Lipinski definition) is 3. The lowest BCUT2D eigenvalue weighted by molar-refractivity contribution is 1.17. The van der Waals surface area contributed by atoms with Crippen LogP contribution in [0.4, 0.5) is 17.1 Å². The predicted molar refractivity (Wildman–Crippen MR) is 225 cm³/mol. The fraction of sp³-hybridized carbons (Fsp3) is 0. The summed E-state index contributed by atoms with van der Waals surface area (Å²) in [6, 6.07) is 72.4. The van der Waals surface area contributed by atoms with Crippen molar-refractivity contribution in [1.29, 1.82) is 0 Å². The molecular formula is C50H34N4. The van der Waals surface area contributed by atoms with Gasteiger partial charge < -0.3 is 9.47 Å². The molecule has 0 bridgehead atoms. The van der Waals surface area contributed by atoms with Crippen molar-refractivity contribution in [3.05, 3.63) is 206 Å². The molecule has 0 radical (unpaired) electrons. The molecule has 2 aromatic heterocycles. The smallest absolute Gasteiger partial charge is 0.0973 e. The van der Waals surface area contributed by atoms with Crippen molar-refractivity contribution in [3.8, 4) is 39.3 Å². The maximum Gasteiger partial charge on any atom is 0.0973 e. The number of para-hydroxylation sites is 4. The van der Waals surface area contributed by atoms with Crippen LogP contribution in [0.15, 0.2) is 206 Å². The van der Waals surface area contributed by atoms with E-state index in [1.165, 1.54) is 21.8 Å². The molecule has 10 rings (SSSR count). The van der Waals surface area contributed by atoms with Crippen molar-refractivity contribution in [3.63, 3.8) is 0 Å². The third-order valence-corrected chi connectivity index (χ3v) is 10.2. The Hall–Kier alpha value is -7.30. The SMILES string of the molecule is c1ccc(-c2nc3cccc(-c4ccccc4)c3nc2-c2ccc(N(c3ccccc3)c3ccc(-n4c5ccccc5c5ccccc54)cc3)cc2)cc1. The predicted octanol–water partition coefficient (Wildman–Crippen LogP) is 13.2. The van der Waals surface area contributed by atoms with E-state index in [0.29, 0.717) is 0 Å². The van der Waals surface area contributed by atoms with Crippen molar-refractivity contribution in [2.24, 2.45) is 0 Å². The number of nitrogens with zero attached hydrogens (tertiary/aromatic N) is 4. The van der Waals surface area contributed by atoms with E-state index < -0.39 is 0 Å². The molecule has 8 aromatic carbocycles. The molecule has 10 aromatic rings. The average Bonchev–Trinajstić information content (AvgIpc) is 3.59. The average molecular weight is 691 g/mol. The van der Waals surface area contributed by atoms with Crippen LogP contribution >= 0.6 is 0 Å². The minimum atomic E-state index is 0.852. The van der Waals surface area contributed by atoms with Crippen LogP contribution in [0.2, 0.25) is 0 Å². The van der Waals surface area contributed by atoms with E-state index >= 15 is 0 Å². The molecule has 0 amide bonds. The van der Waals surface area contributed by atoms with Gasteiger partial charge >= 0.3 is 0 Å². The Labute approximate surface area is 313 Å². The van der Waals surface area contributed by atoms with Gasteiger partial charge in [0, 0.05) is 50.2 Å². The fourth-order valence-corrected chi connectivity index (χ4v) is 7.67. The molecule has 0 aliphatic carbocycles. The molecule has 0 unspecified atom stereocenters. The largest absolute Gasteiger partial charge is 0.311 e. The van der Waals surface area contributed by atoms with Gasteiger partial charge in [-0.2, -0.15) is 0 Å². The zero-order valence-corrected chi connectivity index (χ0v) is 29.4. The second kappa shape index (κ2) is 13.4. The van der Waals surface area contributed by atoms with Gasteiger partial charge in [-0.3, -0.25) is 0 Å². The van der Waals surface area contributed by atoms with Gasteiger partial charge in [0.05, 0.1) is 33.5 Å². The lowest BCUT2D eigenvalue weighted by Gasteiger charge is -2.26. The summed E-state index contributed by atoms with van der Waals surface area (Å²) in [5.41, 5.74) is 14.4. The van der Waals surface area contributed by atoms with Crippen LogP contribution in [0.25, 0.3) is 72.2 Å². The van der Waals surface area contributed by atoms with Gasteiger partial charge in [-0.15, -0.1) is 0 Å². The Balaban J connectivity index is 1.08. The lowest BCUT2D eigenvalue weighted by Crippen LogP contribution is -2.10. The number of hydrogen-bond donors (Lipinski definition) is 0. The Morgan fingerprint density at radius 2 is 0.833 bits per heavy atom. The van der Waals surface area contributed by atoms with Gasteiger partial charge in [0.1, 0.15) is 0 Å². The van der Waals surface area contributed by atoms with Gasteiger partial charge in [-0.1, -0.05) is 140 Å². The molecule has 4 heteroatoms. The van der Waals surface area contributed by atoms with Gasteiger partial charge in [0.2, 0.25) is 0 Å². The summed E-state index contributed by atoms with van der Waals surface area (Å²) in [6.07, 6.45) is 0. The van der Waals surface area contributed by atoms with E-state index in [0.717, 1.165) is 67.4 Å². The topological polar surface area (TPSA) is 34.0 Å². The summed E-state index contributed by atoms with van der Waals surface area (Å²) in [5.74, 6) is 0. The minimum absolute atomic E-state index is 0.852. The molecule has 254 valence electrons. The van der Waals surface area contributed by atoms with E-state index in [9.17, 15) is 0 Å². The number of aromatic nitrogens is 3. The van der Waals surface area contributed by atoms with Gasteiger partial charge in [0.15, 0.2) is 0 Å². The highest BCUT2D eigenvalue weighted by atomic mass is 15.1. The van der Waals surface area contributed by atoms with Crippen molar-refractivity contribution in [2.45, 2.75) is 0 Å². The number of anilines is 3. The first kappa shape index (κ1) is 31.4. The first-order chi connectivity index (χ1) is 26.8. The molecule has 0 aliphatic rings. The van der Waals surface area contributed by atoms with Crippen LogP contribution < -0.4 is 4.90 Å². The fourth-order valence-electron chi connectivity index (χ4n) is 7.67. The zero-order chi connectivity index (χ0) is 35.8. The summed E-state index contributed by atoms with van der Waals surface area (Å²) in [4.78, 5) is 12.9. The third-order valence-electron chi connectivity index (χ3n) is 10.2. The van der Waals surface area contributed by atoms with Crippen molar-refractivity contribution in [2.75, 3.05) is 4.90 Å². The minimum Gasteiger partial charge on any atom is -0.311 e. The second-order valence-corrected chi connectivity index (χ2v) is 13.4.